The van der Waals surface area contributed by atoms with Gasteiger partial charge in [-0.1, -0.05) is 71.4 Å². The summed E-state index contributed by atoms with van der Waals surface area (Å²) in [5.41, 5.74) is 9.96. The first-order valence-corrected chi connectivity index (χ1v) is 31.7. The van der Waals surface area contributed by atoms with Crippen molar-refractivity contribution in [3.63, 3.8) is 0 Å². The van der Waals surface area contributed by atoms with Crippen LogP contribution in [0.5, 0.6) is 57.5 Å². The van der Waals surface area contributed by atoms with Crippen molar-refractivity contribution in [1.29, 1.82) is 0 Å². The van der Waals surface area contributed by atoms with Crippen LogP contribution < -0.4 is 52.2 Å². The smallest absolute Gasteiger partial charge is 0.284 e. The van der Waals surface area contributed by atoms with Crippen molar-refractivity contribution in [1.82, 2.24) is 5.48 Å². The third kappa shape index (κ3) is 15.2. The van der Waals surface area contributed by atoms with E-state index in [1.54, 1.807) is 56.9 Å². The Hall–Kier alpha value is -7.17. The number of ether oxygens (including phenoxy) is 8. The molecule has 0 atom stereocenters. The first-order valence-electron chi connectivity index (χ1n) is 25.9. The molecule has 18 nitrogen and oxygen atoms in total. The summed E-state index contributed by atoms with van der Waals surface area (Å²) < 4.78 is 59.1. The van der Waals surface area contributed by atoms with Crippen LogP contribution in [-0.2, 0) is 32.1 Å². The van der Waals surface area contributed by atoms with Gasteiger partial charge in [-0.05, 0) is 151 Å². The molecule has 0 aliphatic heterocycles. The summed E-state index contributed by atoms with van der Waals surface area (Å²) in [4.78, 5) is 33.5. The highest BCUT2D eigenvalue weighted by atomic mass is 28.4. The van der Waals surface area contributed by atoms with E-state index in [9.17, 15) is 9.59 Å². The fraction of sp³-hybridized carbons (Fsp3) is 0.467. The molecule has 2 N–H and O–H groups in total. The lowest BCUT2D eigenvalue weighted by atomic mass is 9.92. The SMILES string of the molecule is C.COc1ccc(C2=C/C(=N/OCC(=O)NO)CCc3c2cc(OC)c(OC)c3OC)cc1O[Si](C)(C)C(C)(C)C.COc1ccc(C2=C/C(=N/OCC(C)=O)CCc3c2cc(OC)c(OC)c3OC)cc1O[Si](C)(C)C(C)(C)C. The monoisotopic (exact) mass is 1140 g/mol. The number of Topliss-reactive ketones (excluding diaryl/α,β-unsaturated/α-hetero) is 1. The van der Waals surface area contributed by atoms with Crippen LogP contribution in [-0.4, -0.2) is 115 Å². The average Bonchev–Trinajstić information content (AvgIpc) is 3.72. The molecule has 0 aromatic heterocycles. The highest BCUT2D eigenvalue weighted by Gasteiger charge is 2.41. The highest BCUT2D eigenvalue weighted by molar-refractivity contribution is 6.75. The number of nitrogens with zero attached hydrogens (tertiary/aromatic N) is 2. The zero-order chi connectivity index (χ0) is 58.6. The summed E-state index contributed by atoms with van der Waals surface area (Å²) in [6, 6.07) is 15.6. The second-order valence-corrected chi connectivity index (χ2v) is 31.3. The van der Waals surface area contributed by atoms with Crippen LogP contribution in [0.2, 0.25) is 36.3 Å². The minimum absolute atomic E-state index is 0. The van der Waals surface area contributed by atoms with Gasteiger partial charge in [-0.3, -0.25) is 14.8 Å². The minimum Gasteiger partial charge on any atom is -0.541 e. The summed E-state index contributed by atoms with van der Waals surface area (Å²) in [5.74, 6) is 5.12. The molecule has 1 amide bonds. The lowest BCUT2D eigenvalue weighted by molar-refractivity contribution is -0.134. The number of carbonyl (C=O) groups excluding carboxylic acids is 2. The molecule has 20 heteroatoms. The number of fused-ring (bicyclic) bond motifs is 2. The second-order valence-electron chi connectivity index (χ2n) is 21.9. The molecule has 0 unspecified atom stereocenters. The van der Waals surface area contributed by atoms with Gasteiger partial charge in [-0.2, -0.15) is 0 Å². The van der Waals surface area contributed by atoms with E-state index in [0.717, 1.165) is 44.5 Å². The second kappa shape index (κ2) is 27.8. The van der Waals surface area contributed by atoms with E-state index in [4.69, 9.17) is 61.6 Å². The molecule has 0 saturated carbocycles. The lowest BCUT2D eigenvalue weighted by Gasteiger charge is -2.37. The van der Waals surface area contributed by atoms with Crippen molar-refractivity contribution in [3.05, 3.63) is 94.1 Å². The van der Waals surface area contributed by atoms with Crippen LogP contribution in [0, 0.1) is 0 Å². The van der Waals surface area contributed by atoms with Crippen molar-refractivity contribution in [2.24, 2.45) is 10.3 Å². The first-order chi connectivity index (χ1) is 37.3. The molecule has 0 bridgehead atoms. The standard InChI is InChI=1S/C30H41NO7Si.C29H40N2O8Si.CH4/c1-19(32)18-37-31-21-12-13-22-24(17-27(34-6)29(36-8)28(22)35-7)23(16-21)20-11-14-25(33-5)26(15-20)38-39(9,10)30(2,3)4;1-29(2,3)40(8,9)39-24-14-18(10-13-23(24)34-4)21-15-19(31-38-17-26(32)30-33)11-12-20-22(21)16-25(35-5)28(37-7)27(20)36-6;/h11,14-17H,12-13,18H2,1-10H3;10,13-16,33H,11-12,17H2,1-9H3,(H,30,32);1H4/b31-21+;31-19+;. The summed E-state index contributed by atoms with van der Waals surface area (Å²) in [6.07, 6.45) is 6.12. The van der Waals surface area contributed by atoms with Crippen LogP contribution in [0.4, 0.5) is 0 Å². The number of allylic oxidation sites excluding steroid dienone is 2. The molecule has 4 aromatic carbocycles. The molecule has 0 radical (unpaired) electrons. The normalized spacial score (nSPS) is 14.3. The third-order valence-electron chi connectivity index (χ3n) is 14.6. The number of ketones is 1. The van der Waals surface area contributed by atoms with Crippen LogP contribution in [0.15, 0.2) is 71.0 Å². The predicted molar refractivity (Wildman–Crippen MR) is 319 cm³/mol. The Morgan fingerprint density at radius 3 is 1.19 bits per heavy atom. The molecular formula is C60H85N3O15Si2. The molecular weight excluding hydrogens is 1060 g/mol. The highest BCUT2D eigenvalue weighted by Crippen LogP contribution is 2.50. The molecule has 4 aromatic rings. The number of hydrogen-bond acceptors (Lipinski definition) is 17. The van der Waals surface area contributed by atoms with Gasteiger partial charge in [0.15, 0.2) is 53.5 Å². The number of rotatable bonds is 20. The zero-order valence-electron chi connectivity index (χ0n) is 49.6. The van der Waals surface area contributed by atoms with Gasteiger partial charge in [-0.25, -0.2) is 5.48 Å². The largest absolute Gasteiger partial charge is 0.541 e. The number of hydroxylamine groups is 1. The predicted octanol–water partition coefficient (Wildman–Crippen LogP) is 12.4. The molecule has 0 fully saturated rings. The Labute approximate surface area is 475 Å². The van der Waals surface area contributed by atoms with Gasteiger partial charge < -0.3 is 56.4 Å². The minimum atomic E-state index is -2.19. The number of nitrogens with one attached hydrogen (secondary N) is 1. The number of methoxy groups -OCH3 is 8. The van der Waals surface area contributed by atoms with Crippen molar-refractivity contribution in [2.45, 2.75) is 118 Å². The molecule has 6 rings (SSSR count). The Bertz CT molecular complexity index is 2970. The third-order valence-corrected chi connectivity index (χ3v) is 23.3. The first kappa shape index (κ1) is 65.4. The number of hydrogen-bond donors (Lipinski definition) is 2. The molecule has 2 aliphatic carbocycles. The van der Waals surface area contributed by atoms with Gasteiger partial charge in [0.05, 0.1) is 68.3 Å². The van der Waals surface area contributed by atoms with E-state index in [2.05, 4.69) is 78.0 Å². The van der Waals surface area contributed by atoms with Crippen LogP contribution in [0.25, 0.3) is 11.1 Å². The molecule has 0 saturated heterocycles. The van der Waals surface area contributed by atoms with E-state index in [1.807, 2.05) is 60.7 Å². The lowest BCUT2D eigenvalue weighted by Crippen LogP contribution is -2.43. The molecule has 0 heterocycles. The Morgan fingerprint density at radius 1 is 0.512 bits per heavy atom. The van der Waals surface area contributed by atoms with Gasteiger partial charge in [-0.15, -0.1) is 0 Å². The maximum absolute atomic E-state index is 11.5. The summed E-state index contributed by atoms with van der Waals surface area (Å²) in [6.45, 7) is 22.9. The summed E-state index contributed by atoms with van der Waals surface area (Å²) in [5, 5.41) is 17.3. The summed E-state index contributed by atoms with van der Waals surface area (Å²) >= 11 is 0. The fourth-order valence-electron chi connectivity index (χ4n) is 8.29. The van der Waals surface area contributed by atoms with Gasteiger partial charge in [0.1, 0.15) is 11.5 Å². The molecule has 0 spiro atoms. The van der Waals surface area contributed by atoms with E-state index in [-0.39, 0.29) is 29.9 Å². The number of amides is 1. The van der Waals surface area contributed by atoms with Crippen LogP contribution >= 0.6 is 0 Å². The van der Waals surface area contributed by atoms with Crippen LogP contribution in [0.1, 0.15) is 102 Å². The molecule has 438 valence electrons. The maximum Gasteiger partial charge on any atom is 0.284 e. The van der Waals surface area contributed by atoms with Gasteiger partial charge in [0.2, 0.25) is 11.5 Å². The summed E-state index contributed by atoms with van der Waals surface area (Å²) in [7, 11) is 8.47. The average molecular weight is 1140 g/mol. The Balaban J connectivity index is 0.000000340. The van der Waals surface area contributed by atoms with E-state index >= 15 is 0 Å². The van der Waals surface area contributed by atoms with Gasteiger partial charge >= 0.3 is 0 Å². The van der Waals surface area contributed by atoms with E-state index in [0.29, 0.717) is 94.6 Å². The molecule has 2 aliphatic rings. The quantitative estimate of drug-likeness (QED) is 0.0480. The van der Waals surface area contributed by atoms with Gasteiger partial charge in [0, 0.05) is 11.1 Å². The number of benzene rings is 4. The maximum atomic E-state index is 11.5. The fourth-order valence-corrected chi connectivity index (χ4v) is 10.3. The number of carbonyl (C=O) groups is 2. The Morgan fingerprint density at radius 2 is 0.875 bits per heavy atom. The van der Waals surface area contributed by atoms with Crippen molar-refractivity contribution >= 4 is 50.9 Å². The topological polar surface area (TPSA) is 202 Å². The Kier molecular flexibility index (Phi) is 22.7. The van der Waals surface area contributed by atoms with Crippen molar-refractivity contribution in [2.75, 3.05) is 70.1 Å². The van der Waals surface area contributed by atoms with Crippen LogP contribution in [0.3, 0.4) is 0 Å². The molecule has 80 heavy (non-hydrogen) atoms. The zero-order valence-corrected chi connectivity index (χ0v) is 51.6. The van der Waals surface area contributed by atoms with E-state index in [1.165, 1.54) is 12.4 Å². The van der Waals surface area contributed by atoms with Crippen molar-refractivity contribution < 1.29 is 71.2 Å². The van der Waals surface area contributed by atoms with Gasteiger partial charge in [0.25, 0.3) is 22.5 Å². The number of oxime groups is 2. The van der Waals surface area contributed by atoms with E-state index < -0.39 is 29.1 Å². The van der Waals surface area contributed by atoms with Crippen molar-refractivity contribution in [3.8, 4) is 57.5 Å².